The maximum atomic E-state index is 14.8. The summed E-state index contributed by atoms with van der Waals surface area (Å²) < 4.78 is 20.6. The number of carboxylic acids is 1. The number of carboxylic acid groups (broad SMARTS) is 1. The predicted octanol–water partition coefficient (Wildman–Crippen LogP) is 4.57. The lowest BCUT2D eigenvalue weighted by atomic mass is 9.81. The molecule has 3 nitrogen and oxygen atoms in total. The zero-order valence-electron chi connectivity index (χ0n) is 13.6. The van der Waals surface area contributed by atoms with Crippen molar-refractivity contribution in [3.63, 3.8) is 0 Å². The van der Waals surface area contributed by atoms with Gasteiger partial charge in [0.25, 0.3) is 0 Å². The second kappa shape index (κ2) is 6.63. The second-order valence-corrected chi connectivity index (χ2v) is 6.54. The molecule has 0 aliphatic heterocycles. The fourth-order valence-corrected chi connectivity index (χ4v) is 3.13. The smallest absolute Gasteiger partial charge is 0.341 e. The van der Waals surface area contributed by atoms with E-state index >= 15 is 0 Å². The summed E-state index contributed by atoms with van der Waals surface area (Å²) in [5, 5.41) is 9.26. The molecule has 2 aromatic carbocycles. The van der Waals surface area contributed by atoms with Crippen molar-refractivity contribution in [1.82, 2.24) is 0 Å². The molecule has 1 saturated carbocycles. The topological polar surface area (TPSA) is 46.5 Å². The second-order valence-electron chi connectivity index (χ2n) is 6.54. The summed E-state index contributed by atoms with van der Waals surface area (Å²) in [7, 11) is 0. The molecule has 3 rings (SSSR count). The van der Waals surface area contributed by atoms with E-state index in [0.29, 0.717) is 17.9 Å². The van der Waals surface area contributed by atoms with Gasteiger partial charge in [-0.2, -0.15) is 0 Å². The predicted molar refractivity (Wildman–Crippen MR) is 89.8 cm³/mol. The van der Waals surface area contributed by atoms with Crippen LogP contribution < -0.4 is 4.74 Å². The number of hydrogen-bond donors (Lipinski definition) is 1. The van der Waals surface area contributed by atoms with Crippen LogP contribution in [0.2, 0.25) is 0 Å². The van der Waals surface area contributed by atoms with Gasteiger partial charge in [0.15, 0.2) is 0 Å². The Morgan fingerprint density at radius 3 is 2.58 bits per heavy atom. The molecule has 0 amide bonds. The fraction of sp³-hybridized carbons (Fsp3) is 0.350. The lowest BCUT2D eigenvalue weighted by Crippen LogP contribution is -2.38. The number of benzene rings is 2. The number of alkyl halides is 1. The van der Waals surface area contributed by atoms with Crippen LogP contribution >= 0.6 is 0 Å². The van der Waals surface area contributed by atoms with Crippen LogP contribution in [-0.4, -0.2) is 16.7 Å². The summed E-state index contributed by atoms with van der Waals surface area (Å²) in [5.74, 6) is -1.34. The van der Waals surface area contributed by atoms with Crippen LogP contribution in [0.3, 0.4) is 0 Å². The Kier molecular flexibility index (Phi) is 4.56. The minimum absolute atomic E-state index is 0.0838. The van der Waals surface area contributed by atoms with E-state index in [1.165, 1.54) is 0 Å². The maximum absolute atomic E-state index is 14.8. The average molecular weight is 328 g/mol. The van der Waals surface area contributed by atoms with Crippen molar-refractivity contribution >= 4 is 5.97 Å². The van der Waals surface area contributed by atoms with Gasteiger partial charge in [-0.05, 0) is 48.9 Å². The molecule has 0 bridgehead atoms. The minimum atomic E-state index is -2.28. The Balaban J connectivity index is 1.79. The van der Waals surface area contributed by atoms with Crippen LogP contribution in [0, 0.1) is 5.92 Å². The van der Waals surface area contributed by atoms with Crippen LogP contribution in [0.1, 0.15) is 36.8 Å². The van der Waals surface area contributed by atoms with Crippen molar-refractivity contribution in [1.29, 1.82) is 0 Å². The number of carbonyl (C=O) groups is 1. The highest BCUT2D eigenvalue weighted by atomic mass is 19.1. The normalized spacial score (nSPS) is 17.8. The first-order valence-corrected chi connectivity index (χ1v) is 8.17. The van der Waals surface area contributed by atoms with E-state index in [4.69, 9.17) is 4.74 Å². The van der Waals surface area contributed by atoms with Crippen molar-refractivity contribution < 1.29 is 19.0 Å². The molecular weight excluding hydrogens is 307 g/mol. The van der Waals surface area contributed by atoms with Gasteiger partial charge in [0, 0.05) is 5.92 Å². The Hall–Kier alpha value is -2.36. The first-order valence-electron chi connectivity index (χ1n) is 8.17. The molecule has 0 heterocycles. The molecule has 126 valence electrons. The molecule has 1 aliphatic rings. The third-order valence-corrected chi connectivity index (χ3v) is 4.56. The molecule has 0 spiro atoms. The fourth-order valence-electron chi connectivity index (χ4n) is 3.13. The van der Waals surface area contributed by atoms with Crippen LogP contribution in [0.5, 0.6) is 5.75 Å². The highest BCUT2D eigenvalue weighted by Crippen LogP contribution is 2.50. The molecule has 0 aromatic heterocycles. The number of ether oxygens (including phenoxy) is 1. The number of rotatable bonds is 7. The van der Waals surface area contributed by atoms with E-state index in [1.54, 1.807) is 18.2 Å². The lowest BCUT2D eigenvalue weighted by molar-refractivity contribution is -0.151. The molecule has 24 heavy (non-hydrogen) atoms. The van der Waals surface area contributed by atoms with Gasteiger partial charge < -0.3 is 9.84 Å². The van der Waals surface area contributed by atoms with Gasteiger partial charge in [0.05, 0.1) is 0 Å². The van der Waals surface area contributed by atoms with Crippen molar-refractivity contribution in [3.8, 4) is 5.75 Å². The number of halogens is 1. The van der Waals surface area contributed by atoms with Gasteiger partial charge in [-0.3, -0.25) is 0 Å². The molecule has 1 N–H and O–H groups in total. The first kappa shape index (κ1) is 16.5. The molecule has 1 aliphatic carbocycles. The molecule has 1 fully saturated rings. The number of aliphatic carboxylic acids is 1. The zero-order valence-corrected chi connectivity index (χ0v) is 13.6. The number of hydrogen-bond acceptors (Lipinski definition) is 2. The zero-order chi connectivity index (χ0) is 17.2. The quantitative estimate of drug-likeness (QED) is 0.810. The van der Waals surface area contributed by atoms with E-state index < -0.39 is 17.6 Å². The maximum Gasteiger partial charge on any atom is 0.341 e. The van der Waals surface area contributed by atoms with E-state index in [-0.39, 0.29) is 5.92 Å². The van der Waals surface area contributed by atoms with E-state index in [0.717, 1.165) is 25.3 Å². The van der Waals surface area contributed by atoms with E-state index in [9.17, 15) is 14.3 Å². The highest BCUT2D eigenvalue weighted by molar-refractivity contribution is 5.78. The average Bonchev–Trinajstić information content (AvgIpc) is 3.39. The molecule has 0 radical (unpaired) electrons. The summed E-state index contributed by atoms with van der Waals surface area (Å²) in [4.78, 5) is 11.4. The summed E-state index contributed by atoms with van der Waals surface area (Å²) in [6.07, 6.45) is 1.74. The van der Waals surface area contributed by atoms with Gasteiger partial charge >= 0.3 is 5.97 Å². The SMILES string of the molecule is C[C@](F)(C(=O)O)[C@H](c1cccc(OCc2ccccc2)c1)C1CC1. The molecule has 0 saturated heterocycles. The third kappa shape index (κ3) is 3.58. The Morgan fingerprint density at radius 2 is 1.96 bits per heavy atom. The van der Waals surface area contributed by atoms with Crippen LogP contribution in [0.25, 0.3) is 0 Å². The van der Waals surface area contributed by atoms with Crippen LogP contribution in [0.15, 0.2) is 54.6 Å². The van der Waals surface area contributed by atoms with Gasteiger partial charge in [0.2, 0.25) is 5.67 Å². The Labute approximate surface area is 141 Å². The third-order valence-electron chi connectivity index (χ3n) is 4.56. The first-order chi connectivity index (χ1) is 11.5. The summed E-state index contributed by atoms with van der Waals surface area (Å²) in [6, 6.07) is 16.9. The van der Waals surface area contributed by atoms with Gasteiger partial charge in [-0.25, -0.2) is 9.18 Å². The molecule has 2 aromatic rings. The summed E-state index contributed by atoms with van der Waals surface area (Å²) >= 11 is 0. The largest absolute Gasteiger partial charge is 0.489 e. The van der Waals surface area contributed by atoms with Gasteiger partial charge in [-0.1, -0.05) is 42.5 Å². The molecule has 0 unspecified atom stereocenters. The molecule has 2 atom stereocenters. The van der Waals surface area contributed by atoms with Crippen molar-refractivity contribution in [2.75, 3.05) is 0 Å². The lowest BCUT2D eigenvalue weighted by Gasteiger charge is -2.27. The summed E-state index contributed by atoms with van der Waals surface area (Å²) in [6.45, 7) is 1.58. The monoisotopic (exact) mass is 328 g/mol. The van der Waals surface area contributed by atoms with Crippen molar-refractivity contribution in [2.45, 2.75) is 38.0 Å². The summed E-state index contributed by atoms with van der Waals surface area (Å²) in [5.41, 5.74) is -0.544. The van der Waals surface area contributed by atoms with Gasteiger partial charge in [-0.15, -0.1) is 0 Å². The standard InChI is InChI=1S/C20H21FO3/c1-20(21,19(22)23)18(15-10-11-15)16-8-5-9-17(12-16)24-13-14-6-3-2-4-7-14/h2-9,12,15,18H,10-11,13H2,1H3,(H,22,23)/t18-,20+/m0/s1. The van der Waals surface area contributed by atoms with Gasteiger partial charge in [0.1, 0.15) is 12.4 Å². The van der Waals surface area contributed by atoms with E-state index in [1.807, 2.05) is 36.4 Å². The van der Waals surface area contributed by atoms with Crippen LogP contribution in [-0.2, 0) is 11.4 Å². The molecule has 4 heteroatoms. The Morgan fingerprint density at radius 1 is 1.25 bits per heavy atom. The highest BCUT2D eigenvalue weighted by Gasteiger charge is 2.50. The van der Waals surface area contributed by atoms with Crippen molar-refractivity contribution in [3.05, 3.63) is 65.7 Å². The van der Waals surface area contributed by atoms with Crippen molar-refractivity contribution in [2.24, 2.45) is 5.92 Å². The van der Waals surface area contributed by atoms with Crippen LogP contribution in [0.4, 0.5) is 4.39 Å². The minimum Gasteiger partial charge on any atom is -0.489 e. The molecular formula is C20H21FO3. The van der Waals surface area contributed by atoms with E-state index in [2.05, 4.69) is 0 Å². The Bertz CT molecular complexity index is 708.